The normalized spacial score (nSPS) is 10.4. The zero-order valence-electron chi connectivity index (χ0n) is 7.14. The first-order valence-corrected chi connectivity index (χ1v) is 5.82. The minimum Gasteiger partial charge on any atom is -0.525 e. The number of benzene rings is 1. The molecule has 0 aliphatic heterocycles. The summed E-state index contributed by atoms with van der Waals surface area (Å²) in [6.45, 7) is 3.78. The molecule has 0 unspecified atom stereocenters. The molecule has 0 aliphatic carbocycles. The van der Waals surface area contributed by atoms with E-state index < -0.39 is 9.05 Å². The zero-order chi connectivity index (χ0) is 9.90. The molecule has 0 fully saturated rings. The topological polar surface area (TPSA) is 43.4 Å². The Labute approximate surface area is 102 Å². The van der Waals surface area contributed by atoms with E-state index in [9.17, 15) is 8.42 Å². The van der Waals surface area contributed by atoms with Gasteiger partial charge in [0.25, 0.3) is 9.05 Å². The monoisotopic (exact) mass is 403 g/mol. The summed E-state index contributed by atoms with van der Waals surface area (Å²) in [5.74, 6) is 0.569. The van der Waals surface area contributed by atoms with Gasteiger partial charge < -0.3 is 11.7 Å². The van der Waals surface area contributed by atoms with Gasteiger partial charge in [0.15, 0.2) is 0 Å². The minimum absolute atomic E-state index is 0. The summed E-state index contributed by atoms with van der Waals surface area (Å²) in [7, 11) is 1.47. The van der Waals surface area contributed by atoms with Crippen molar-refractivity contribution in [2.24, 2.45) is 0 Å². The van der Waals surface area contributed by atoms with Crippen molar-refractivity contribution >= 4 is 19.7 Å². The molecule has 6 heteroatoms. The fourth-order valence-electron chi connectivity index (χ4n) is 0.816. The Bertz CT molecular complexity index is 374. The van der Waals surface area contributed by atoms with Gasteiger partial charge in [0.2, 0.25) is 0 Å². The van der Waals surface area contributed by atoms with E-state index in [-0.39, 0.29) is 26.0 Å². The van der Waals surface area contributed by atoms with Gasteiger partial charge in [-0.15, -0.1) is 0 Å². The molecular formula is C8H8ClO3SW-. The van der Waals surface area contributed by atoms with Crippen molar-refractivity contribution in [3.63, 3.8) is 0 Å². The average Bonchev–Trinajstić information content (AvgIpc) is 2.04. The van der Waals surface area contributed by atoms with Crippen molar-refractivity contribution < 1.29 is 34.2 Å². The van der Waals surface area contributed by atoms with Crippen molar-refractivity contribution in [1.82, 2.24) is 0 Å². The molecule has 1 rings (SSSR count). The molecule has 0 bridgehead atoms. The zero-order valence-corrected chi connectivity index (χ0v) is 11.6. The predicted octanol–water partition coefficient (Wildman–Crippen LogP) is 1.82. The molecule has 0 aromatic heterocycles. The van der Waals surface area contributed by atoms with E-state index in [1.807, 2.05) is 0 Å². The summed E-state index contributed by atoms with van der Waals surface area (Å²) >= 11 is 0. The summed E-state index contributed by atoms with van der Waals surface area (Å²) in [5, 5.41) is 0. The van der Waals surface area contributed by atoms with Gasteiger partial charge in [-0.2, -0.15) is 0 Å². The second-order valence-electron chi connectivity index (χ2n) is 2.26. The molecule has 1 aromatic carbocycles. The Morgan fingerprint density at radius 3 is 2.14 bits per heavy atom. The smallest absolute Gasteiger partial charge is 0.261 e. The Hall–Kier alpha value is -0.0517. The SMILES string of the molecule is [CH2-]COc1ccc(S(=O)(=O)Cl)cc1.[W]. The molecule has 14 heavy (non-hydrogen) atoms. The standard InChI is InChI=1S/C8H8ClO3S.W/c1-2-12-7-3-5-8(6-4-7)13(9,10)11;/h3-6H,1-2H2;/q-1;. The number of halogens is 1. The maximum Gasteiger partial charge on any atom is 0.261 e. The van der Waals surface area contributed by atoms with Crippen LogP contribution in [0.5, 0.6) is 5.75 Å². The largest absolute Gasteiger partial charge is 0.525 e. The third-order valence-corrected chi connectivity index (χ3v) is 2.74. The molecule has 0 heterocycles. The van der Waals surface area contributed by atoms with Crippen LogP contribution in [-0.2, 0) is 30.1 Å². The molecule has 0 spiro atoms. The van der Waals surface area contributed by atoms with Gasteiger partial charge in [0, 0.05) is 31.7 Å². The van der Waals surface area contributed by atoms with Crippen molar-refractivity contribution in [2.45, 2.75) is 4.90 Å². The van der Waals surface area contributed by atoms with Crippen LogP contribution in [0, 0.1) is 6.92 Å². The summed E-state index contributed by atoms with van der Waals surface area (Å²) in [6, 6.07) is 5.82. The molecule has 0 saturated carbocycles. The van der Waals surface area contributed by atoms with Crippen molar-refractivity contribution in [1.29, 1.82) is 0 Å². The second kappa shape index (κ2) is 5.74. The molecule has 0 atom stereocenters. The first-order valence-electron chi connectivity index (χ1n) is 3.51. The van der Waals surface area contributed by atoms with E-state index in [1.54, 1.807) is 0 Å². The van der Waals surface area contributed by atoms with Crippen LogP contribution in [0.4, 0.5) is 0 Å². The van der Waals surface area contributed by atoms with Crippen LogP contribution >= 0.6 is 10.7 Å². The molecule has 0 aliphatic rings. The van der Waals surface area contributed by atoms with Crippen molar-refractivity contribution in [2.75, 3.05) is 6.61 Å². The molecule has 0 saturated heterocycles. The summed E-state index contributed by atoms with van der Waals surface area (Å²) in [5.41, 5.74) is 0. The fourth-order valence-corrected chi connectivity index (χ4v) is 1.59. The van der Waals surface area contributed by atoms with Crippen LogP contribution in [0.2, 0.25) is 0 Å². The third-order valence-electron chi connectivity index (χ3n) is 1.37. The molecular weight excluding hydrogens is 395 g/mol. The second-order valence-corrected chi connectivity index (χ2v) is 4.82. The van der Waals surface area contributed by atoms with Crippen LogP contribution < -0.4 is 4.74 Å². The van der Waals surface area contributed by atoms with E-state index in [0.717, 1.165) is 0 Å². The fraction of sp³-hybridized carbons (Fsp3) is 0.125. The van der Waals surface area contributed by atoms with Crippen LogP contribution in [0.3, 0.4) is 0 Å². The summed E-state index contributed by atoms with van der Waals surface area (Å²) in [6.07, 6.45) is 0. The van der Waals surface area contributed by atoms with Crippen molar-refractivity contribution in [3.8, 4) is 5.75 Å². The predicted molar refractivity (Wildman–Crippen MR) is 50.3 cm³/mol. The minimum atomic E-state index is -3.63. The molecule has 1 aromatic rings. The van der Waals surface area contributed by atoms with E-state index in [4.69, 9.17) is 15.4 Å². The number of hydrogen-bond acceptors (Lipinski definition) is 3. The van der Waals surface area contributed by atoms with E-state index in [2.05, 4.69) is 6.92 Å². The van der Waals surface area contributed by atoms with Crippen molar-refractivity contribution in [3.05, 3.63) is 31.2 Å². The third kappa shape index (κ3) is 3.99. The van der Waals surface area contributed by atoms with Crippen LogP contribution in [0.1, 0.15) is 0 Å². The first kappa shape index (κ1) is 13.9. The summed E-state index contributed by atoms with van der Waals surface area (Å²) < 4.78 is 26.7. The van der Waals surface area contributed by atoms with Gasteiger partial charge in [-0.25, -0.2) is 8.42 Å². The Balaban J connectivity index is 0.00000169. The number of hydrogen-bond donors (Lipinski definition) is 0. The van der Waals surface area contributed by atoms with Gasteiger partial charge in [-0.1, -0.05) is 0 Å². The van der Waals surface area contributed by atoms with E-state index >= 15 is 0 Å². The Morgan fingerprint density at radius 2 is 1.79 bits per heavy atom. The Morgan fingerprint density at radius 1 is 1.29 bits per heavy atom. The molecule has 3 nitrogen and oxygen atoms in total. The molecule has 78 valence electrons. The number of ether oxygens (including phenoxy) is 1. The van der Waals surface area contributed by atoms with Gasteiger partial charge in [-0.05, 0) is 30.9 Å². The first-order chi connectivity index (χ1) is 6.04. The van der Waals surface area contributed by atoms with Crippen LogP contribution in [0.25, 0.3) is 0 Å². The van der Waals surface area contributed by atoms with E-state index in [1.165, 1.54) is 24.3 Å². The van der Waals surface area contributed by atoms with E-state index in [0.29, 0.717) is 12.4 Å². The van der Waals surface area contributed by atoms with Crippen LogP contribution in [-0.4, -0.2) is 15.0 Å². The number of rotatable bonds is 3. The van der Waals surface area contributed by atoms with Gasteiger partial charge >= 0.3 is 0 Å². The van der Waals surface area contributed by atoms with Crippen LogP contribution in [0.15, 0.2) is 29.2 Å². The Kier molecular flexibility index (Phi) is 5.72. The quantitative estimate of drug-likeness (QED) is 0.571. The molecule has 0 N–H and O–H groups in total. The average molecular weight is 404 g/mol. The van der Waals surface area contributed by atoms with Gasteiger partial charge in [-0.3, -0.25) is 0 Å². The molecule has 0 radical (unpaired) electrons. The maximum atomic E-state index is 10.8. The van der Waals surface area contributed by atoms with Gasteiger partial charge in [0.1, 0.15) is 5.75 Å². The summed E-state index contributed by atoms with van der Waals surface area (Å²) in [4.78, 5) is 0.0607. The molecule has 0 amide bonds. The van der Waals surface area contributed by atoms with Gasteiger partial charge in [0.05, 0.1) is 4.90 Å². The maximum absolute atomic E-state index is 10.8.